The zero-order chi connectivity index (χ0) is 20.3. The molecule has 0 fully saturated rings. The Morgan fingerprint density at radius 2 is 1.38 bits per heavy atom. The van der Waals surface area contributed by atoms with Crippen molar-refractivity contribution in [1.82, 2.24) is 0 Å². The molecule has 0 N–H and O–H groups in total. The first-order chi connectivity index (χ1) is 14.0. The van der Waals surface area contributed by atoms with Crippen molar-refractivity contribution in [2.24, 2.45) is 0 Å². The molecule has 1 aliphatic rings. The second kappa shape index (κ2) is 8.39. The topological polar surface area (TPSA) is 46.6 Å². The lowest BCUT2D eigenvalue weighted by molar-refractivity contribution is 0.314. The number of anilines is 2. The monoisotopic (exact) mass is 407 g/mol. The summed E-state index contributed by atoms with van der Waals surface area (Å²) in [6.07, 6.45) is 2.61. The first kappa shape index (κ1) is 19.7. The number of hydrogen-bond donors (Lipinski definition) is 0. The van der Waals surface area contributed by atoms with Gasteiger partial charge in [-0.25, -0.2) is 0 Å². The molecule has 5 heteroatoms. The van der Waals surface area contributed by atoms with E-state index in [1.54, 1.807) is 24.3 Å². The first-order valence-corrected chi connectivity index (χ1v) is 11.3. The Balaban J connectivity index is 1.48. The van der Waals surface area contributed by atoms with E-state index >= 15 is 0 Å². The Morgan fingerprint density at radius 3 is 1.97 bits per heavy atom. The fourth-order valence-corrected chi connectivity index (χ4v) is 4.72. The van der Waals surface area contributed by atoms with Crippen molar-refractivity contribution in [2.75, 3.05) is 18.1 Å². The highest BCUT2D eigenvalue weighted by Crippen LogP contribution is 2.35. The number of nitrogens with zero attached hydrogens (tertiary/aromatic N) is 1. The molecule has 4 nitrogen and oxygen atoms in total. The zero-order valence-corrected chi connectivity index (χ0v) is 17.4. The Hall–Kier alpha value is -2.63. The van der Waals surface area contributed by atoms with Gasteiger partial charge < -0.3 is 4.90 Å². The van der Waals surface area contributed by atoms with Gasteiger partial charge in [0.15, 0.2) is 0 Å². The maximum Gasteiger partial charge on any atom is 0.296 e. The first-order valence-electron chi connectivity index (χ1n) is 9.94. The molecular formula is C24H25NO3S. The van der Waals surface area contributed by atoms with Gasteiger partial charge in [-0.2, -0.15) is 8.42 Å². The van der Waals surface area contributed by atoms with E-state index in [-0.39, 0.29) is 11.5 Å². The zero-order valence-electron chi connectivity index (χ0n) is 16.5. The molecule has 0 atom stereocenters. The summed E-state index contributed by atoms with van der Waals surface area (Å²) >= 11 is 0. The maximum atomic E-state index is 12.4. The SMILES string of the molecule is Cc1ccc(S(=O)(=O)OCCCN2c3ccccc3CCc3ccccc32)cc1. The summed E-state index contributed by atoms with van der Waals surface area (Å²) in [5.41, 5.74) is 6.04. The van der Waals surface area contributed by atoms with Gasteiger partial charge in [0.1, 0.15) is 0 Å². The van der Waals surface area contributed by atoms with Crippen molar-refractivity contribution >= 4 is 21.5 Å². The molecule has 4 rings (SSSR count). The normalized spacial score (nSPS) is 13.5. The molecule has 1 heterocycles. The highest BCUT2D eigenvalue weighted by atomic mass is 32.2. The number of fused-ring (bicyclic) bond motifs is 2. The average Bonchev–Trinajstić information content (AvgIpc) is 2.89. The lowest BCUT2D eigenvalue weighted by Gasteiger charge is -2.27. The molecule has 0 aromatic heterocycles. The second-order valence-corrected chi connectivity index (χ2v) is 8.97. The van der Waals surface area contributed by atoms with Crippen LogP contribution in [0.15, 0.2) is 77.7 Å². The van der Waals surface area contributed by atoms with Crippen molar-refractivity contribution < 1.29 is 12.6 Å². The smallest absolute Gasteiger partial charge is 0.296 e. The standard InChI is InChI=1S/C24H25NO3S/c1-19-11-15-22(16-12-19)29(26,27)28-18-6-17-25-23-9-4-2-7-20(23)13-14-21-8-3-5-10-24(21)25/h2-5,7-12,15-16H,6,13-14,17-18H2,1H3. The minimum atomic E-state index is -3.73. The van der Waals surface area contributed by atoms with Gasteiger partial charge in [-0.3, -0.25) is 4.18 Å². The number of rotatable bonds is 6. The Kier molecular flexibility index (Phi) is 5.69. The van der Waals surface area contributed by atoms with E-state index in [9.17, 15) is 8.42 Å². The van der Waals surface area contributed by atoms with Crippen LogP contribution in [0.3, 0.4) is 0 Å². The number of hydrogen-bond acceptors (Lipinski definition) is 4. The van der Waals surface area contributed by atoms with Crippen LogP contribution >= 0.6 is 0 Å². The molecule has 3 aromatic rings. The summed E-state index contributed by atoms with van der Waals surface area (Å²) in [6.45, 7) is 2.77. The summed E-state index contributed by atoms with van der Waals surface area (Å²) in [7, 11) is -3.73. The average molecular weight is 408 g/mol. The van der Waals surface area contributed by atoms with Gasteiger partial charge in [-0.05, 0) is 61.6 Å². The summed E-state index contributed by atoms with van der Waals surface area (Å²) in [5, 5.41) is 0. The van der Waals surface area contributed by atoms with Crippen LogP contribution in [0, 0.1) is 6.92 Å². The van der Waals surface area contributed by atoms with E-state index in [0.717, 1.165) is 18.4 Å². The Bertz CT molecular complexity index is 1040. The van der Waals surface area contributed by atoms with Crippen LogP contribution in [0.25, 0.3) is 0 Å². The summed E-state index contributed by atoms with van der Waals surface area (Å²) in [5.74, 6) is 0. The highest BCUT2D eigenvalue weighted by Gasteiger charge is 2.20. The summed E-state index contributed by atoms with van der Waals surface area (Å²) in [4.78, 5) is 2.49. The van der Waals surface area contributed by atoms with Crippen molar-refractivity contribution in [3.05, 3.63) is 89.5 Å². The van der Waals surface area contributed by atoms with Crippen LogP contribution in [0.2, 0.25) is 0 Å². The molecule has 0 amide bonds. The van der Waals surface area contributed by atoms with Crippen molar-refractivity contribution in [3.8, 4) is 0 Å². The predicted molar refractivity (Wildman–Crippen MR) is 116 cm³/mol. The van der Waals surface area contributed by atoms with Crippen LogP contribution in [0.5, 0.6) is 0 Å². The summed E-state index contributed by atoms with van der Waals surface area (Å²) in [6, 6.07) is 23.6. The largest absolute Gasteiger partial charge is 0.341 e. The fourth-order valence-electron chi connectivity index (χ4n) is 3.78. The van der Waals surface area contributed by atoms with E-state index in [0.29, 0.717) is 13.0 Å². The number of para-hydroxylation sites is 2. The third-order valence-corrected chi connectivity index (χ3v) is 6.63. The molecule has 0 saturated carbocycles. The third-order valence-electron chi connectivity index (χ3n) is 5.30. The molecular weight excluding hydrogens is 382 g/mol. The molecule has 1 aliphatic heterocycles. The third kappa shape index (κ3) is 4.36. The lowest BCUT2D eigenvalue weighted by atomic mass is 10.0. The van der Waals surface area contributed by atoms with E-state index in [4.69, 9.17) is 4.18 Å². The van der Waals surface area contributed by atoms with Crippen LogP contribution in [0.1, 0.15) is 23.1 Å². The molecule has 0 aliphatic carbocycles. The van der Waals surface area contributed by atoms with Crippen molar-refractivity contribution in [3.63, 3.8) is 0 Å². The van der Waals surface area contributed by atoms with Crippen molar-refractivity contribution in [2.45, 2.75) is 31.1 Å². The quantitative estimate of drug-likeness (QED) is 0.425. The van der Waals surface area contributed by atoms with Gasteiger partial charge in [0.2, 0.25) is 0 Å². The van der Waals surface area contributed by atoms with Crippen molar-refractivity contribution in [1.29, 1.82) is 0 Å². The van der Waals surface area contributed by atoms with Crippen LogP contribution in [-0.4, -0.2) is 21.6 Å². The van der Waals surface area contributed by atoms with Gasteiger partial charge >= 0.3 is 0 Å². The van der Waals surface area contributed by atoms with Gasteiger partial charge in [0.25, 0.3) is 10.1 Å². The van der Waals surface area contributed by atoms with E-state index in [1.807, 2.05) is 6.92 Å². The lowest BCUT2D eigenvalue weighted by Crippen LogP contribution is -2.21. The molecule has 0 bridgehead atoms. The minimum absolute atomic E-state index is 0.150. The number of aryl methyl sites for hydroxylation is 3. The maximum absolute atomic E-state index is 12.4. The fraction of sp³-hybridized carbons (Fsp3) is 0.250. The Morgan fingerprint density at radius 1 is 0.828 bits per heavy atom. The molecule has 0 unspecified atom stereocenters. The van der Waals surface area contributed by atoms with E-state index < -0.39 is 10.1 Å². The predicted octanol–water partition coefficient (Wildman–Crippen LogP) is 5.03. The molecule has 0 spiro atoms. The van der Waals surface area contributed by atoms with Gasteiger partial charge in [-0.1, -0.05) is 54.1 Å². The minimum Gasteiger partial charge on any atom is -0.341 e. The van der Waals surface area contributed by atoms with E-state index in [2.05, 4.69) is 53.4 Å². The van der Waals surface area contributed by atoms with Crippen LogP contribution in [0.4, 0.5) is 11.4 Å². The van der Waals surface area contributed by atoms with Crippen LogP contribution < -0.4 is 4.90 Å². The molecule has 0 saturated heterocycles. The van der Waals surface area contributed by atoms with Crippen LogP contribution in [-0.2, 0) is 27.1 Å². The van der Waals surface area contributed by atoms with Gasteiger partial charge in [0.05, 0.1) is 11.5 Å². The van der Waals surface area contributed by atoms with Gasteiger partial charge in [0, 0.05) is 17.9 Å². The second-order valence-electron chi connectivity index (χ2n) is 7.35. The Labute approximate surface area is 172 Å². The van der Waals surface area contributed by atoms with E-state index in [1.165, 1.54) is 22.5 Å². The molecule has 3 aromatic carbocycles. The molecule has 29 heavy (non-hydrogen) atoms. The highest BCUT2D eigenvalue weighted by molar-refractivity contribution is 7.86. The number of benzene rings is 3. The molecule has 0 radical (unpaired) electrons. The summed E-state index contributed by atoms with van der Waals surface area (Å²) < 4.78 is 30.1. The van der Waals surface area contributed by atoms with Gasteiger partial charge in [-0.15, -0.1) is 0 Å². The molecule has 150 valence electrons.